The highest BCUT2D eigenvalue weighted by Gasteiger charge is 2.12. The molecule has 1 aromatic heterocycles. The van der Waals surface area contributed by atoms with Gasteiger partial charge in [0.25, 0.3) is 5.56 Å². The highest BCUT2D eigenvalue weighted by molar-refractivity contribution is 5.89. The monoisotopic (exact) mass is 231 g/mol. The maximum absolute atomic E-state index is 11.8. The standard InChI is InChI=1S/C13H13NO3/c1-3-17-13(16)14-11-7-5-4-6-10(11)9(2)8-12(14)15/h4-8H,3H2,1-2H3. The van der Waals surface area contributed by atoms with Crippen LogP contribution in [0, 0.1) is 6.92 Å². The third-order valence-corrected chi connectivity index (χ3v) is 2.58. The first-order valence-corrected chi connectivity index (χ1v) is 5.43. The molecule has 0 radical (unpaired) electrons. The van der Waals surface area contributed by atoms with Crippen LogP contribution in [0.15, 0.2) is 35.1 Å². The summed E-state index contributed by atoms with van der Waals surface area (Å²) in [5, 5.41) is 0.875. The smallest absolute Gasteiger partial charge is 0.421 e. The first kappa shape index (κ1) is 11.4. The Hall–Kier alpha value is -2.10. The predicted octanol–water partition coefficient (Wildman–Crippen LogP) is 2.31. The Bertz CT molecular complexity index is 628. The summed E-state index contributed by atoms with van der Waals surface area (Å²) in [5.74, 6) is 0. The van der Waals surface area contributed by atoms with Crippen LogP contribution in [0.5, 0.6) is 0 Å². The molecule has 17 heavy (non-hydrogen) atoms. The maximum atomic E-state index is 11.8. The molecular weight excluding hydrogens is 218 g/mol. The molecule has 2 aromatic rings. The van der Waals surface area contributed by atoms with Crippen molar-refractivity contribution < 1.29 is 9.53 Å². The summed E-state index contributed by atoms with van der Waals surface area (Å²) in [6.07, 6.45) is -0.631. The molecule has 0 saturated heterocycles. The molecule has 2 rings (SSSR count). The number of benzene rings is 1. The highest BCUT2D eigenvalue weighted by Crippen LogP contribution is 2.15. The molecule has 0 aliphatic rings. The molecule has 0 saturated carbocycles. The number of hydrogen-bond acceptors (Lipinski definition) is 3. The number of fused-ring (bicyclic) bond motifs is 1. The topological polar surface area (TPSA) is 48.3 Å². The fraction of sp³-hybridized carbons (Fsp3) is 0.231. The van der Waals surface area contributed by atoms with Gasteiger partial charge in [-0.3, -0.25) is 4.79 Å². The molecule has 4 nitrogen and oxygen atoms in total. The Labute approximate surface area is 98.4 Å². The first-order chi connectivity index (χ1) is 8.15. The van der Waals surface area contributed by atoms with Gasteiger partial charge in [0.2, 0.25) is 0 Å². The number of para-hydroxylation sites is 1. The van der Waals surface area contributed by atoms with Gasteiger partial charge < -0.3 is 4.74 Å². The Balaban J connectivity index is 2.78. The predicted molar refractivity (Wildman–Crippen MR) is 65.4 cm³/mol. The summed E-state index contributed by atoms with van der Waals surface area (Å²) in [5.41, 5.74) is 1.07. The van der Waals surface area contributed by atoms with Crippen LogP contribution >= 0.6 is 0 Å². The van der Waals surface area contributed by atoms with Gasteiger partial charge in [-0.25, -0.2) is 9.36 Å². The highest BCUT2D eigenvalue weighted by atomic mass is 16.5. The third-order valence-electron chi connectivity index (χ3n) is 2.58. The van der Waals surface area contributed by atoms with Gasteiger partial charge in [-0.15, -0.1) is 0 Å². The van der Waals surface area contributed by atoms with Crippen molar-refractivity contribution in [3.63, 3.8) is 0 Å². The molecule has 1 aromatic carbocycles. The normalized spacial score (nSPS) is 10.5. The minimum Gasteiger partial charge on any atom is -0.449 e. The SMILES string of the molecule is CCOC(=O)n1c(=O)cc(C)c2ccccc21. The number of hydrogen-bond donors (Lipinski definition) is 0. The van der Waals surface area contributed by atoms with Crippen molar-refractivity contribution >= 4 is 17.0 Å². The summed E-state index contributed by atoms with van der Waals surface area (Å²) in [4.78, 5) is 23.6. The molecular formula is C13H13NO3. The van der Waals surface area contributed by atoms with Crippen LogP contribution in [0.3, 0.4) is 0 Å². The van der Waals surface area contributed by atoms with Gasteiger partial charge in [0.05, 0.1) is 12.1 Å². The van der Waals surface area contributed by atoms with Gasteiger partial charge in [-0.2, -0.15) is 0 Å². The van der Waals surface area contributed by atoms with Crippen LogP contribution in [0.25, 0.3) is 10.9 Å². The lowest BCUT2D eigenvalue weighted by molar-refractivity contribution is 0.154. The zero-order valence-electron chi connectivity index (χ0n) is 9.77. The number of carbonyl (C=O) groups is 1. The number of carbonyl (C=O) groups excluding carboxylic acids is 1. The number of aryl methyl sites for hydroxylation is 1. The second-order valence-corrected chi connectivity index (χ2v) is 3.72. The molecule has 0 bridgehead atoms. The minimum atomic E-state index is -0.631. The second-order valence-electron chi connectivity index (χ2n) is 3.72. The van der Waals surface area contributed by atoms with E-state index in [9.17, 15) is 9.59 Å². The van der Waals surface area contributed by atoms with E-state index in [0.29, 0.717) is 5.52 Å². The first-order valence-electron chi connectivity index (χ1n) is 5.43. The van der Waals surface area contributed by atoms with Crippen LogP contribution in [0.2, 0.25) is 0 Å². The summed E-state index contributed by atoms with van der Waals surface area (Å²) in [6.45, 7) is 3.80. The number of ether oxygens (including phenoxy) is 1. The second kappa shape index (κ2) is 4.41. The lowest BCUT2D eigenvalue weighted by atomic mass is 10.1. The molecule has 0 aliphatic carbocycles. The van der Waals surface area contributed by atoms with Gasteiger partial charge in [0.1, 0.15) is 0 Å². The van der Waals surface area contributed by atoms with E-state index in [4.69, 9.17) is 4.74 Å². The van der Waals surface area contributed by atoms with Crippen molar-refractivity contribution in [2.24, 2.45) is 0 Å². The number of rotatable bonds is 1. The Kier molecular flexibility index (Phi) is 2.95. The van der Waals surface area contributed by atoms with E-state index in [2.05, 4.69) is 0 Å². The van der Waals surface area contributed by atoms with Crippen LogP contribution in [0.1, 0.15) is 12.5 Å². The molecule has 0 aliphatic heterocycles. The minimum absolute atomic E-state index is 0.244. The van der Waals surface area contributed by atoms with Crippen molar-refractivity contribution in [1.29, 1.82) is 0 Å². The molecule has 0 N–H and O–H groups in total. The molecule has 0 unspecified atom stereocenters. The fourth-order valence-electron chi connectivity index (χ4n) is 1.82. The van der Waals surface area contributed by atoms with Crippen LogP contribution in [-0.4, -0.2) is 17.3 Å². The van der Waals surface area contributed by atoms with Gasteiger partial charge in [0, 0.05) is 11.5 Å². The van der Waals surface area contributed by atoms with Crippen LogP contribution in [-0.2, 0) is 4.74 Å². The molecule has 88 valence electrons. The van der Waals surface area contributed by atoms with Gasteiger partial charge in [-0.05, 0) is 25.5 Å². The average Bonchev–Trinajstić information content (AvgIpc) is 2.29. The molecule has 1 heterocycles. The van der Waals surface area contributed by atoms with E-state index < -0.39 is 6.09 Å². The van der Waals surface area contributed by atoms with Crippen LogP contribution < -0.4 is 5.56 Å². The van der Waals surface area contributed by atoms with E-state index >= 15 is 0 Å². The summed E-state index contributed by atoms with van der Waals surface area (Å²) >= 11 is 0. The lowest BCUT2D eigenvalue weighted by Gasteiger charge is -2.09. The van der Waals surface area contributed by atoms with Crippen molar-refractivity contribution in [1.82, 2.24) is 4.57 Å². The molecule has 0 atom stereocenters. The summed E-state index contributed by atoms with van der Waals surface area (Å²) in [7, 11) is 0. The number of pyridine rings is 1. The van der Waals surface area contributed by atoms with Crippen molar-refractivity contribution in [3.05, 3.63) is 46.2 Å². The van der Waals surface area contributed by atoms with E-state index in [1.54, 1.807) is 19.1 Å². The molecule has 4 heteroatoms. The summed E-state index contributed by atoms with van der Waals surface area (Å²) < 4.78 is 5.94. The zero-order valence-corrected chi connectivity index (χ0v) is 9.77. The zero-order chi connectivity index (χ0) is 12.4. The van der Waals surface area contributed by atoms with Gasteiger partial charge in [0.15, 0.2) is 0 Å². The van der Waals surface area contributed by atoms with Crippen molar-refractivity contribution in [2.45, 2.75) is 13.8 Å². The molecule has 0 fully saturated rings. The van der Waals surface area contributed by atoms with E-state index in [-0.39, 0.29) is 12.2 Å². The Morgan fingerprint density at radius 1 is 1.35 bits per heavy atom. The van der Waals surface area contributed by atoms with Gasteiger partial charge >= 0.3 is 6.09 Å². The third kappa shape index (κ3) is 1.93. The van der Waals surface area contributed by atoms with Crippen molar-refractivity contribution in [3.8, 4) is 0 Å². The number of nitrogens with zero attached hydrogens (tertiary/aromatic N) is 1. The van der Waals surface area contributed by atoms with Crippen LogP contribution in [0.4, 0.5) is 4.79 Å². The maximum Gasteiger partial charge on any atom is 0.421 e. The Morgan fingerprint density at radius 3 is 2.76 bits per heavy atom. The van der Waals surface area contributed by atoms with Crippen molar-refractivity contribution in [2.75, 3.05) is 6.61 Å². The number of aromatic nitrogens is 1. The largest absolute Gasteiger partial charge is 0.449 e. The molecule has 0 spiro atoms. The van der Waals surface area contributed by atoms with E-state index in [0.717, 1.165) is 15.5 Å². The average molecular weight is 231 g/mol. The fourth-order valence-corrected chi connectivity index (χ4v) is 1.82. The van der Waals surface area contributed by atoms with E-state index in [1.807, 2.05) is 19.1 Å². The van der Waals surface area contributed by atoms with E-state index in [1.165, 1.54) is 6.07 Å². The lowest BCUT2D eigenvalue weighted by Crippen LogP contribution is -2.28. The quantitative estimate of drug-likeness (QED) is 0.756. The molecule has 0 amide bonds. The Morgan fingerprint density at radius 2 is 2.06 bits per heavy atom. The van der Waals surface area contributed by atoms with Gasteiger partial charge in [-0.1, -0.05) is 18.2 Å². The summed E-state index contributed by atoms with van der Waals surface area (Å²) in [6, 6.07) is 8.71.